The molecule has 33 heavy (non-hydrogen) atoms. The highest BCUT2D eigenvalue weighted by Crippen LogP contribution is 2.36. The van der Waals surface area contributed by atoms with Crippen LogP contribution in [-0.4, -0.2) is 39.0 Å². The molecule has 6 heteroatoms. The number of halogens is 1. The third-order valence-corrected chi connectivity index (χ3v) is 5.93. The summed E-state index contributed by atoms with van der Waals surface area (Å²) in [5, 5.41) is 15.4. The Morgan fingerprint density at radius 2 is 1.94 bits per heavy atom. The summed E-state index contributed by atoms with van der Waals surface area (Å²) in [7, 11) is 1.86. The van der Waals surface area contributed by atoms with Crippen molar-refractivity contribution in [1.29, 1.82) is 0 Å². The van der Waals surface area contributed by atoms with E-state index in [4.69, 9.17) is 9.84 Å². The van der Waals surface area contributed by atoms with Gasteiger partial charge in [-0.2, -0.15) is 5.10 Å². The summed E-state index contributed by atoms with van der Waals surface area (Å²) >= 11 is 0. The quantitative estimate of drug-likeness (QED) is 0.368. The highest BCUT2D eigenvalue weighted by Gasteiger charge is 2.28. The zero-order chi connectivity index (χ0) is 23.2. The highest BCUT2D eigenvalue weighted by atomic mass is 19.1. The lowest BCUT2D eigenvalue weighted by molar-refractivity contribution is 0.0992. The molecular formula is C27H32FN3O2. The highest BCUT2D eigenvalue weighted by molar-refractivity contribution is 5.65. The van der Waals surface area contributed by atoms with Gasteiger partial charge in [-0.3, -0.25) is 4.90 Å². The number of aliphatic hydroxyl groups excluding tert-OH is 1. The van der Waals surface area contributed by atoms with E-state index >= 15 is 0 Å². The number of aryl methyl sites for hydroxylation is 1. The van der Waals surface area contributed by atoms with E-state index in [2.05, 4.69) is 11.5 Å². The maximum atomic E-state index is 13.4. The van der Waals surface area contributed by atoms with Crippen molar-refractivity contribution in [2.75, 3.05) is 13.1 Å². The van der Waals surface area contributed by atoms with Crippen LogP contribution in [0.5, 0.6) is 11.6 Å². The van der Waals surface area contributed by atoms with Crippen LogP contribution in [0.3, 0.4) is 0 Å². The maximum absolute atomic E-state index is 13.4. The van der Waals surface area contributed by atoms with Gasteiger partial charge in [0.05, 0.1) is 11.7 Å². The molecule has 1 aliphatic carbocycles. The third kappa shape index (κ3) is 6.30. The second-order valence-corrected chi connectivity index (χ2v) is 8.84. The SMILES string of the molecule is C=CCCC(O)CN(Cc1c(-c2ccccc2)nn(C)c1Oc1ccc(F)cc1)CC1CC1. The Morgan fingerprint density at radius 3 is 2.61 bits per heavy atom. The topological polar surface area (TPSA) is 50.5 Å². The molecule has 1 N–H and O–H groups in total. The van der Waals surface area contributed by atoms with Crippen molar-refractivity contribution in [2.45, 2.75) is 38.3 Å². The van der Waals surface area contributed by atoms with Crippen molar-refractivity contribution in [3.8, 4) is 22.9 Å². The van der Waals surface area contributed by atoms with Crippen LogP contribution < -0.4 is 4.74 Å². The van der Waals surface area contributed by atoms with E-state index in [1.54, 1.807) is 16.8 Å². The molecule has 0 spiro atoms. The van der Waals surface area contributed by atoms with Gasteiger partial charge in [0.25, 0.3) is 0 Å². The number of rotatable bonds is 12. The summed E-state index contributed by atoms with van der Waals surface area (Å²) < 4.78 is 21.4. The van der Waals surface area contributed by atoms with Crippen LogP contribution in [0.2, 0.25) is 0 Å². The van der Waals surface area contributed by atoms with E-state index < -0.39 is 6.10 Å². The summed E-state index contributed by atoms with van der Waals surface area (Å²) in [6.45, 7) is 5.90. The molecule has 1 saturated carbocycles. The lowest BCUT2D eigenvalue weighted by Crippen LogP contribution is -2.33. The molecule has 5 nitrogen and oxygen atoms in total. The summed E-state index contributed by atoms with van der Waals surface area (Å²) in [5.74, 6) is 1.55. The van der Waals surface area contributed by atoms with Crippen molar-refractivity contribution in [2.24, 2.45) is 13.0 Å². The van der Waals surface area contributed by atoms with Crippen molar-refractivity contribution in [1.82, 2.24) is 14.7 Å². The molecule has 3 aromatic rings. The fourth-order valence-corrected chi connectivity index (χ4v) is 4.06. The maximum Gasteiger partial charge on any atom is 0.222 e. The predicted molar refractivity (Wildman–Crippen MR) is 129 cm³/mol. The minimum atomic E-state index is -0.417. The minimum Gasteiger partial charge on any atom is -0.439 e. The van der Waals surface area contributed by atoms with Crippen LogP contribution in [0.1, 0.15) is 31.2 Å². The number of hydrogen-bond acceptors (Lipinski definition) is 4. The Balaban J connectivity index is 1.66. The average Bonchev–Trinajstić information content (AvgIpc) is 3.58. The molecule has 0 bridgehead atoms. The lowest BCUT2D eigenvalue weighted by Gasteiger charge is -2.25. The van der Waals surface area contributed by atoms with Crippen LogP contribution in [0.25, 0.3) is 11.3 Å². The van der Waals surface area contributed by atoms with Gasteiger partial charge in [-0.15, -0.1) is 6.58 Å². The molecule has 0 aliphatic heterocycles. The van der Waals surface area contributed by atoms with Gasteiger partial charge in [-0.25, -0.2) is 9.07 Å². The first kappa shape index (κ1) is 23.2. The van der Waals surface area contributed by atoms with Gasteiger partial charge in [0, 0.05) is 32.2 Å². The molecule has 1 fully saturated rings. The fraction of sp³-hybridized carbons (Fsp3) is 0.370. The minimum absolute atomic E-state index is 0.304. The van der Waals surface area contributed by atoms with Gasteiger partial charge < -0.3 is 9.84 Å². The monoisotopic (exact) mass is 449 g/mol. The molecule has 1 aromatic heterocycles. The van der Waals surface area contributed by atoms with Gasteiger partial charge in [-0.1, -0.05) is 36.4 Å². The first-order chi connectivity index (χ1) is 16.0. The number of benzene rings is 2. The molecule has 1 aliphatic rings. The number of hydrogen-bond donors (Lipinski definition) is 1. The molecule has 2 aromatic carbocycles. The number of aromatic nitrogens is 2. The molecule has 4 rings (SSSR count). The Bertz CT molecular complexity index is 1050. The average molecular weight is 450 g/mol. The van der Waals surface area contributed by atoms with E-state index in [1.165, 1.54) is 25.0 Å². The van der Waals surface area contributed by atoms with Crippen LogP contribution >= 0.6 is 0 Å². The molecule has 1 unspecified atom stereocenters. The fourth-order valence-electron chi connectivity index (χ4n) is 4.06. The number of nitrogens with zero attached hydrogens (tertiary/aromatic N) is 3. The summed E-state index contributed by atoms with van der Waals surface area (Å²) in [6.07, 6.45) is 5.38. The summed E-state index contributed by atoms with van der Waals surface area (Å²) in [6, 6.07) is 16.1. The van der Waals surface area contributed by atoms with Crippen LogP contribution in [0.15, 0.2) is 67.3 Å². The Labute approximate surface area is 195 Å². The molecule has 1 heterocycles. The van der Waals surface area contributed by atoms with Crippen molar-refractivity contribution >= 4 is 0 Å². The van der Waals surface area contributed by atoms with E-state index in [0.717, 1.165) is 29.8 Å². The van der Waals surface area contributed by atoms with Crippen molar-refractivity contribution in [3.63, 3.8) is 0 Å². The largest absolute Gasteiger partial charge is 0.439 e. The van der Waals surface area contributed by atoms with Gasteiger partial charge in [0.15, 0.2) is 0 Å². The molecule has 0 amide bonds. The van der Waals surface area contributed by atoms with E-state index in [0.29, 0.717) is 37.1 Å². The first-order valence-corrected chi connectivity index (χ1v) is 11.6. The first-order valence-electron chi connectivity index (χ1n) is 11.6. The summed E-state index contributed by atoms with van der Waals surface area (Å²) in [5.41, 5.74) is 2.83. The van der Waals surface area contributed by atoms with Gasteiger partial charge in [-0.05, 0) is 55.9 Å². The zero-order valence-corrected chi connectivity index (χ0v) is 19.2. The van der Waals surface area contributed by atoms with Gasteiger partial charge >= 0.3 is 0 Å². The summed E-state index contributed by atoms with van der Waals surface area (Å²) in [4.78, 5) is 2.31. The normalized spacial score (nSPS) is 14.4. The Hall–Kier alpha value is -2.96. The van der Waals surface area contributed by atoms with Crippen LogP contribution in [-0.2, 0) is 13.6 Å². The van der Waals surface area contributed by atoms with E-state index in [-0.39, 0.29) is 5.82 Å². The standard InChI is InChI=1S/C27H32FN3O2/c1-3-4-10-23(32)18-31(17-20-11-12-20)19-25-26(21-8-6-5-7-9-21)29-30(2)27(25)33-24-15-13-22(28)14-16-24/h3,5-9,13-16,20,23,32H,1,4,10-12,17-19H2,2H3. The molecule has 1 atom stereocenters. The smallest absolute Gasteiger partial charge is 0.222 e. The molecule has 0 saturated heterocycles. The molecule has 0 radical (unpaired) electrons. The van der Waals surface area contributed by atoms with E-state index in [9.17, 15) is 9.50 Å². The Morgan fingerprint density at radius 1 is 1.21 bits per heavy atom. The lowest BCUT2D eigenvalue weighted by atomic mass is 10.1. The Kier molecular flexibility index (Phi) is 7.57. The molecular weight excluding hydrogens is 417 g/mol. The van der Waals surface area contributed by atoms with Gasteiger partial charge in [0.1, 0.15) is 17.3 Å². The second kappa shape index (κ2) is 10.8. The molecule has 174 valence electrons. The third-order valence-electron chi connectivity index (χ3n) is 5.93. The van der Waals surface area contributed by atoms with Crippen LogP contribution in [0.4, 0.5) is 4.39 Å². The second-order valence-electron chi connectivity index (χ2n) is 8.84. The van der Waals surface area contributed by atoms with Crippen molar-refractivity contribution in [3.05, 3.63) is 78.6 Å². The number of aliphatic hydroxyl groups is 1. The van der Waals surface area contributed by atoms with Crippen LogP contribution in [0, 0.1) is 11.7 Å². The predicted octanol–water partition coefficient (Wildman–Crippen LogP) is 5.56. The van der Waals surface area contributed by atoms with E-state index in [1.807, 2.05) is 43.5 Å². The van der Waals surface area contributed by atoms with Gasteiger partial charge in [0.2, 0.25) is 5.88 Å². The number of allylic oxidation sites excluding steroid dienone is 1. The number of ether oxygens (including phenoxy) is 1. The van der Waals surface area contributed by atoms with Crippen molar-refractivity contribution < 1.29 is 14.2 Å². The zero-order valence-electron chi connectivity index (χ0n) is 19.2.